The Balaban J connectivity index is 0.000000500. The molecule has 0 N–H and O–H groups in total. The highest BCUT2D eigenvalue weighted by Gasteiger charge is 2.47. The van der Waals surface area contributed by atoms with Crippen LogP contribution in [0.25, 0.3) is 0 Å². The molecule has 402 valence electrons. The molecule has 31 heteroatoms. The van der Waals surface area contributed by atoms with E-state index >= 15 is 0 Å². The Kier molecular flexibility index (Phi) is 15.6. The topological polar surface area (TPSA) is 13.1 Å². The van der Waals surface area contributed by atoms with Gasteiger partial charge in [0.2, 0.25) is 0 Å². The molecule has 0 saturated heterocycles. The second-order valence-electron chi connectivity index (χ2n) is 15.6. The van der Waals surface area contributed by atoms with E-state index in [2.05, 4.69) is 4.74 Å². The Morgan fingerprint density at radius 1 is 0.351 bits per heavy atom. The zero-order valence-electron chi connectivity index (χ0n) is 35.2. The van der Waals surface area contributed by atoms with E-state index in [0.29, 0.717) is 6.54 Å². The Labute approximate surface area is 399 Å². The van der Waals surface area contributed by atoms with Crippen LogP contribution in [0.4, 0.5) is 119 Å². The number of halogens is 27. The average molecular weight is 1120 g/mol. The van der Waals surface area contributed by atoms with Crippen LogP contribution in [0.15, 0.2) is 115 Å². The third kappa shape index (κ3) is 13.9. The lowest BCUT2D eigenvalue weighted by molar-refractivity contribution is -0.693. The van der Waals surface area contributed by atoms with Gasteiger partial charge in [-0.25, -0.2) is 0 Å². The molecule has 1 heterocycles. The molecule has 0 bridgehead atoms. The zero-order valence-corrected chi connectivity index (χ0v) is 36.0. The number of ether oxygens (including phenoxy) is 1. The highest BCUT2D eigenvalue weighted by molar-refractivity contribution is 7.20. The van der Waals surface area contributed by atoms with Crippen LogP contribution >= 0.6 is 11.3 Å². The summed E-state index contributed by atoms with van der Waals surface area (Å²) in [5, 5.41) is 1.39. The SMILES string of the molecule is FC(F)(F)Oc1scc[n+]1Cc1ccccc1.FC(F)(F)c1cc([B-](c2cc(C(F)(F)F)cc(C(F)(F)F)c2)(c2cc(C(F)(F)F)cc(C(F)(F)F)c2)c2cc(C(F)(F)F)cc(C(F)(F)F)c2)cc(C(F)(F)F)c1. The van der Waals surface area contributed by atoms with Crippen molar-refractivity contribution in [2.75, 3.05) is 0 Å². The van der Waals surface area contributed by atoms with E-state index in [1.54, 1.807) is 11.6 Å². The lowest BCUT2D eigenvalue weighted by Gasteiger charge is -2.46. The van der Waals surface area contributed by atoms with Crippen LogP contribution in [0.2, 0.25) is 0 Å². The standard InChI is InChI=1S/C32H12BF24.C11H9F3NOS/c34-25(35,36)13-1-14(26(37,38)39)6-21(5-13)33(22-7-15(27(40,41)42)2-16(8-22)28(43,44)45,23-9-17(29(46,47)48)3-18(10-23)30(49,50)51)24-11-19(31(52,53)54)4-20(12-24)32(55,56)57;12-11(13,14)16-10-15(6-7-17-10)8-9-4-2-1-3-5-9/h1-12H;1-7H,8H2/q-1;+1. The molecule has 5 aromatic carbocycles. The van der Waals surface area contributed by atoms with Crippen molar-refractivity contribution in [1.82, 2.24) is 0 Å². The van der Waals surface area contributed by atoms with Gasteiger partial charge in [0.05, 0.1) is 49.9 Å². The second-order valence-corrected chi connectivity index (χ2v) is 16.4. The summed E-state index contributed by atoms with van der Waals surface area (Å²) in [7, 11) is 0. The van der Waals surface area contributed by atoms with Crippen LogP contribution in [-0.4, -0.2) is 12.5 Å². The maximum absolute atomic E-state index is 14.2. The quantitative estimate of drug-likeness (QED) is 0.0882. The second kappa shape index (κ2) is 19.8. The molecule has 0 atom stereocenters. The lowest BCUT2D eigenvalue weighted by atomic mass is 9.12. The minimum Gasteiger partial charge on any atom is -0.342 e. The predicted octanol–water partition coefficient (Wildman–Crippen LogP) is 14.2. The van der Waals surface area contributed by atoms with Gasteiger partial charge in [0.1, 0.15) is 6.15 Å². The van der Waals surface area contributed by atoms with Crippen molar-refractivity contribution in [2.45, 2.75) is 62.3 Å². The first-order valence-electron chi connectivity index (χ1n) is 19.4. The van der Waals surface area contributed by atoms with Crippen LogP contribution in [0.1, 0.15) is 50.1 Å². The first-order chi connectivity index (χ1) is 33.3. The largest absolute Gasteiger partial charge is 0.577 e. The predicted molar refractivity (Wildman–Crippen MR) is 207 cm³/mol. The molecule has 2 nitrogen and oxygen atoms in total. The third-order valence-corrected chi connectivity index (χ3v) is 11.3. The Morgan fingerprint density at radius 3 is 0.811 bits per heavy atom. The first-order valence-corrected chi connectivity index (χ1v) is 20.3. The first kappa shape index (κ1) is 58.6. The maximum Gasteiger partial charge on any atom is 0.577 e. The van der Waals surface area contributed by atoms with E-state index in [1.165, 1.54) is 4.57 Å². The van der Waals surface area contributed by atoms with E-state index < -0.39 is 201 Å². The normalized spacial score (nSPS) is 13.7. The van der Waals surface area contributed by atoms with Gasteiger partial charge in [-0.2, -0.15) is 132 Å². The van der Waals surface area contributed by atoms with Gasteiger partial charge in [0.15, 0.2) is 12.7 Å². The van der Waals surface area contributed by atoms with Gasteiger partial charge in [0, 0.05) is 5.56 Å². The summed E-state index contributed by atoms with van der Waals surface area (Å²) in [6, 6.07) is 0.424. The van der Waals surface area contributed by atoms with Gasteiger partial charge in [-0.05, 0) is 35.6 Å². The van der Waals surface area contributed by atoms with Crippen LogP contribution in [-0.2, 0) is 56.0 Å². The molecule has 0 aliphatic carbocycles. The molecule has 1 aromatic heterocycles. The lowest BCUT2D eigenvalue weighted by Crippen LogP contribution is -2.75. The fourth-order valence-corrected chi connectivity index (χ4v) is 8.17. The Hall–Kier alpha value is -6.30. The van der Waals surface area contributed by atoms with Crippen molar-refractivity contribution in [3.05, 3.63) is 165 Å². The van der Waals surface area contributed by atoms with Crippen molar-refractivity contribution in [3.63, 3.8) is 0 Å². The Bertz CT molecular complexity index is 2500. The van der Waals surface area contributed by atoms with E-state index in [1.807, 2.05) is 30.3 Å². The third-order valence-electron chi connectivity index (χ3n) is 10.5. The summed E-state index contributed by atoms with van der Waals surface area (Å²) >= 11 is 0.916. The minimum atomic E-state index is -6.13. The molecule has 0 saturated carbocycles. The Morgan fingerprint density at radius 2 is 0.595 bits per heavy atom. The van der Waals surface area contributed by atoms with Gasteiger partial charge in [-0.3, -0.25) is 0 Å². The molecular weight excluding hydrogens is 1100 g/mol. The fraction of sp³-hybridized carbons (Fsp3) is 0.233. The minimum absolute atomic E-state index is 0.165. The monoisotopic (exact) mass is 1120 g/mol. The molecule has 0 amide bonds. The van der Waals surface area contributed by atoms with E-state index in [0.717, 1.165) is 16.9 Å². The van der Waals surface area contributed by atoms with E-state index in [-0.39, 0.29) is 5.19 Å². The highest BCUT2D eigenvalue weighted by atomic mass is 32.1. The number of rotatable bonds is 7. The molecule has 0 aliphatic heterocycles. The summed E-state index contributed by atoms with van der Waals surface area (Å²) in [5.74, 6) is 0. The van der Waals surface area contributed by atoms with Crippen molar-refractivity contribution in [1.29, 1.82) is 0 Å². The van der Waals surface area contributed by atoms with Crippen LogP contribution in [0, 0.1) is 0 Å². The molecule has 0 fully saturated rings. The van der Waals surface area contributed by atoms with Crippen molar-refractivity contribution in [2.24, 2.45) is 0 Å². The molecule has 0 aliphatic rings. The summed E-state index contributed by atoms with van der Waals surface area (Å²) in [6.45, 7) is 0.357. The van der Waals surface area contributed by atoms with E-state index in [4.69, 9.17) is 0 Å². The number of alkyl halides is 27. The van der Waals surface area contributed by atoms with Gasteiger partial charge in [0.25, 0.3) is 0 Å². The number of benzene rings is 5. The smallest absolute Gasteiger partial charge is 0.342 e. The maximum atomic E-state index is 14.2. The summed E-state index contributed by atoms with van der Waals surface area (Å²) in [5.41, 5.74) is -29.3. The van der Waals surface area contributed by atoms with Crippen molar-refractivity contribution >= 4 is 39.3 Å². The van der Waals surface area contributed by atoms with Crippen LogP contribution in [0.3, 0.4) is 0 Å². The van der Waals surface area contributed by atoms with Gasteiger partial charge >= 0.3 is 61.0 Å². The number of hydrogen-bond donors (Lipinski definition) is 0. The number of hydrogen-bond acceptors (Lipinski definition) is 2. The van der Waals surface area contributed by atoms with Gasteiger partial charge in [-0.1, -0.05) is 78.9 Å². The molecule has 0 radical (unpaired) electrons. The molecule has 6 rings (SSSR count). The number of aromatic nitrogens is 1. The molecular formula is C43H21BF27NOS. The highest BCUT2D eigenvalue weighted by Crippen LogP contribution is 2.41. The summed E-state index contributed by atoms with van der Waals surface area (Å²) in [4.78, 5) is 0. The molecule has 6 aromatic rings. The van der Waals surface area contributed by atoms with Crippen LogP contribution in [0.5, 0.6) is 5.19 Å². The van der Waals surface area contributed by atoms with Crippen molar-refractivity contribution < 1.29 is 128 Å². The molecule has 74 heavy (non-hydrogen) atoms. The van der Waals surface area contributed by atoms with Gasteiger partial charge < -0.3 is 4.74 Å². The van der Waals surface area contributed by atoms with Gasteiger partial charge in [-0.15, -0.1) is 13.2 Å². The van der Waals surface area contributed by atoms with Crippen molar-refractivity contribution in [3.8, 4) is 5.19 Å². The zero-order chi connectivity index (χ0) is 56.2. The fourth-order valence-electron chi connectivity index (χ4n) is 7.44. The number of thiazole rings is 1. The number of nitrogens with zero attached hydrogens (tertiary/aromatic N) is 1. The summed E-state index contributed by atoms with van der Waals surface area (Å²) < 4.78 is 382. The average Bonchev–Trinajstić information content (AvgIpc) is 3.66. The molecule has 0 spiro atoms. The van der Waals surface area contributed by atoms with E-state index in [9.17, 15) is 119 Å². The summed E-state index contributed by atoms with van der Waals surface area (Å²) in [6.07, 6.45) is -57.9. The van der Waals surface area contributed by atoms with Crippen LogP contribution < -0.4 is 31.2 Å². The molecule has 0 unspecified atom stereocenters.